The van der Waals surface area contributed by atoms with Gasteiger partial charge in [-0.1, -0.05) is 141 Å². The third-order valence-electron chi connectivity index (χ3n) is 4.88. The normalized spacial score (nSPS) is 11.4. The van der Waals surface area contributed by atoms with Crippen molar-refractivity contribution in [3.63, 3.8) is 0 Å². The van der Waals surface area contributed by atoms with Crippen LogP contribution in [0.2, 0.25) is 0 Å². The summed E-state index contributed by atoms with van der Waals surface area (Å²) in [6.45, 7) is 0. The Balaban J connectivity index is 1.46. The second kappa shape index (κ2) is 9.88. The van der Waals surface area contributed by atoms with E-state index in [1.807, 2.05) is 24.3 Å². The first-order valence-corrected chi connectivity index (χ1v) is 11.3. The minimum absolute atomic E-state index is 1.10. The Morgan fingerprint density at radius 1 is 0.400 bits per heavy atom. The first-order valence-electron chi connectivity index (χ1n) is 9.75. The maximum atomic E-state index is 3.59. The zero-order chi connectivity index (χ0) is 20.8. The molecule has 0 N–H and O–H groups in total. The molecule has 0 saturated carbocycles. The minimum Gasteiger partial charge on any atom is -0.0616 e. The molecule has 0 amide bonds. The second-order valence-electron chi connectivity index (χ2n) is 6.95. The average molecular weight is 516 g/mol. The molecule has 0 saturated heterocycles. The minimum atomic E-state index is 1.10. The van der Waals surface area contributed by atoms with Crippen molar-refractivity contribution in [1.29, 1.82) is 0 Å². The van der Waals surface area contributed by atoms with E-state index in [1.54, 1.807) is 0 Å². The first kappa shape index (κ1) is 20.6. The van der Waals surface area contributed by atoms with Crippen LogP contribution < -0.4 is 0 Å². The lowest BCUT2D eigenvalue weighted by Crippen LogP contribution is -1.80. The van der Waals surface area contributed by atoms with Crippen molar-refractivity contribution >= 4 is 56.2 Å². The quantitative estimate of drug-likeness (QED) is 0.232. The number of benzene rings is 4. The van der Waals surface area contributed by atoms with Crippen LogP contribution in [0.1, 0.15) is 22.3 Å². The Kier molecular flexibility index (Phi) is 6.78. The molecule has 0 heterocycles. The third kappa shape index (κ3) is 5.27. The second-order valence-corrected chi connectivity index (χ2v) is 8.66. The Hall–Kier alpha value is -2.68. The van der Waals surface area contributed by atoms with Gasteiger partial charge in [-0.15, -0.1) is 0 Å². The predicted octanol–water partition coefficient (Wildman–Crippen LogP) is 9.22. The molecule has 2 heteroatoms. The lowest BCUT2D eigenvalue weighted by atomic mass is 10.0. The van der Waals surface area contributed by atoms with Crippen LogP contribution >= 0.6 is 31.9 Å². The van der Waals surface area contributed by atoms with Gasteiger partial charge < -0.3 is 0 Å². The molecule has 30 heavy (non-hydrogen) atoms. The maximum absolute atomic E-state index is 3.59. The molecular weight excluding hydrogens is 496 g/mol. The summed E-state index contributed by atoms with van der Waals surface area (Å²) in [5.41, 5.74) is 7.15. The van der Waals surface area contributed by atoms with Gasteiger partial charge in [0, 0.05) is 8.95 Å². The van der Waals surface area contributed by atoms with E-state index in [2.05, 4.69) is 129 Å². The van der Waals surface area contributed by atoms with Crippen molar-refractivity contribution in [2.24, 2.45) is 0 Å². The van der Waals surface area contributed by atoms with Crippen molar-refractivity contribution < 1.29 is 0 Å². The van der Waals surface area contributed by atoms with Crippen molar-refractivity contribution in [2.75, 3.05) is 0 Å². The highest BCUT2D eigenvalue weighted by Crippen LogP contribution is 2.24. The number of hydrogen-bond acceptors (Lipinski definition) is 0. The standard InChI is InChI=1S/C28H20Br2/c29-27-7-3-1-5-25(27)19-13-21-9-15-23(16-10-21)24-17-11-22(12-18-24)14-20-26-6-2-4-8-28(26)30/h1-20H. The molecule has 0 spiro atoms. The van der Waals surface area contributed by atoms with E-state index in [1.165, 1.54) is 33.4 Å². The van der Waals surface area contributed by atoms with E-state index < -0.39 is 0 Å². The van der Waals surface area contributed by atoms with E-state index in [-0.39, 0.29) is 0 Å². The molecule has 0 unspecified atom stereocenters. The molecular formula is C28H20Br2. The van der Waals surface area contributed by atoms with Crippen molar-refractivity contribution in [3.05, 3.63) is 128 Å². The SMILES string of the molecule is Brc1ccccc1C=Cc1ccc(-c2ccc(C=Cc3ccccc3Br)cc2)cc1. The summed E-state index contributed by atoms with van der Waals surface area (Å²) in [5, 5.41) is 0. The fourth-order valence-corrected chi connectivity index (χ4v) is 4.00. The zero-order valence-corrected chi connectivity index (χ0v) is 19.5. The highest BCUT2D eigenvalue weighted by atomic mass is 79.9. The molecule has 0 fully saturated rings. The summed E-state index contributed by atoms with van der Waals surface area (Å²) >= 11 is 7.17. The van der Waals surface area contributed by atoms with Crippen LogP contribution in [0.25, 0.3) is 35.4 Å². The molecule has 0 radical (unpaired) electrons. The van der Waals surface area contributed by atoms with Crippen LogP contribution in [0, 0.1) is 0 Å². The van der Waals surface area contributed by atoms with Gasteiger partial charge in [0.25, 0.3) is 0 Å². The molecule has 0 aliphatic rings. The third-order valence-corrected chi connectivity index (χ3v) is 6.32. The highest BCUT2D eigenvalue weighted by molar-refractivity contribution is 9.10. The Morgan fingerprint density at radius 2 is 0.767 bits per heavy atom. The lowest BCUT2D eigenvalue weighted by molar-refractivity contribution is 1.58. The summed E-state index contributed by atoms with van der Waals surface area (Å²) in [6.07, 6.45) is 8.54. The summed E-state index contributed by atoms with van der Waals surface area (Å²) < 4.78 is 2.21. The van der Waals surface area contributed by atoms with E-state index in [0.717, 1.165) is 8.95 Å². The van der Waals surface area contributed by atoms with Crippen LogP contribution in [0.3, 0.4) is 0 Å². The Bertz CT molecular complexity index is 1090. The monoisotopic (exact) mass is 514 g/mol. The van der Waals surface area contributed by atoms with Crippen molar-refractivity contribution in [2.45, 2.75) is 0 Å². The van der Waals surface area contributed by atoms with Gasteiger partial charge in [-0.25, -0.2) is 0 Å². The smallest absolute Gasteiger partial charge is 0.0247 e. The van der Waals surface area contributed by atoms with Gasteiger partial charge in [-0.3, -0.25) is 0 Å². The zero-order valence-electron chi connectivity index (χ0n) is 16.3. The summed E-state index contributed by atoms with van der Waals surface area (Å²) in [7, 11) is 0. The van der Waals surface area contributed by atoms with E-state index in [0.29, 0.717) is 0 Å². The van der Waals surface area contributed by atoms with E-state index in [4.69, 9.17) is 0 Å². The topological polar surface area (TPSA) is 0 Å². The number of hydrogen-bond donors (Lipinski definition) is 0. The predicted molar refractivity (Wildman–Crippen MR) is 138 cm³/mol. The van der Waals surface area contributed by atoms with Crippen LogP contribution in [0.5, 0.6) is 0 Å². The number of halogens is 2. The van der Waals surface area contributed by atoms with Crippen LogP contribution in [0.4, 0.5) is 0 Å². The fourth-order valence-electron chi connectivity index (χ4n) is 3.17. The molecule has 4 rings (SSSR count). The molecule has 0 bridgehead atoms. The molecule has 0 aliphatic heterocycles. The molecule has 146 valence electrons. The van der Waals surface area contributed by atoms with Crippen molar-refractivity contribution in [1.82, 2.24) is 0 Å². The van der Waals surface area contributed by atoms with Gasteiger partial charge in [-0.05, 0) is 45.5 Å². The average Bonchev–Trinajstić information content (AvgIpc) is 2.79. The van der Waals surface area contributed by atoms with Gasteiger partial charge in [-0.2, -0.15) is 0 Å². The fraction of sp³-hybridized carbons (Fsp3) is 0. The highest BCUT2D eigenvalue weighted by Gasteiger charge is 1.99. The molecule has 0 aliphatic carbocycles. The first-order chi connectivity index (χ1) is 14.7. The van der Waals surface area contributed by atoms with Crippen LogP contribution in [-0.4, -0.2) is 0 Å². The van der Waals surface area contributed by atoms with E-state index >= 15 is 0 Å². The van der Waals surface area contributed by atoms with Crippen molar-refractivity contribution in [3.8, 4) is 11.1 Å². The largest absolute Gasteiger partial charge is 0.0616 e. The lowest BCUT2D eigenvalue weighted by Gasteiger charge is -2.04. The van der Waals surface area contributed by atoms with Gasteiger partial charge in [0.05, 0.1) is 0 Å². The van der Waals surface area contributed by atoms with E-state index in [9.17, 15) is 0 Å². The van der Waals surface area contributed by atoms with Gasteiger partial charge in [0.15, 0.2) is 0 Å². The molecule has 4 aromatic rings. The van der Waals surface area contributed by atoms with Gasteiger partial charge >= 0.3 is 0 Å². The van der Waals surface area contributed by atoms with Gasteiger partial charge in [0.1, 0.15) is 0 Å². The van der Waals surface area contributed by atoms with Crippen LogP contribution in [0.15, 0.2) is 106 Å². The molecule has 0 atom stereocenters. The Morgan fingerprint density at radius 3 is 1.13 bits per heavy atom. The Labute approximate surface area is 194 Å². The molecule has 0 nitrogen and oxygen atoms in total. The summed E-state index contributed by atoms with van der Waals surface area (Å²) in [6, 6.07) is 33.8. The summed E-state index contributed by atoms with van der Waals surface area (Å²) in [4.78, 5) is 0. The van der Waals surface area contributed by atoms with Gasteiger partial charge in [0.2, 0.25) is 0 Å². The molecule has 0 aromatic heterocycles. The maximum Gasteiger partial charge on any atom is 0.0247 e. The summed E-state index contributed by atoms with van der Waals surface area (Å²) in [5.74, 6) is 0. The number of rotatable bonds is 5. The van der Waals surface area contributed by atoms with Crippen LogP contribution in [-0.2, 0) is 0 Å². The molecule has 4 aromatic carbocycles.